The Morgan fingerprint density at radius 2 is 1.71 bits per heavy atom. The predicted octanol–water partition coefficient (Wildman–Crippen LogP) is 2.39. The van der Waals surface area contributed by atoms with Crippen LogP contribution in [-0.2, 0) is 11.2 Å². The molecular formula is C14H11Cl2N3O2. The van der Waals surface area contributed by atoms with Gasteiger partial charge in [-0.25, -0.2) is 4.98 Å². The molecule has 1 aromatic carbocycles. The number of amides is 2. The molecule has 5 nitrogen and oxygen atoms in total. The van der Waals surface area contributed by atoms with Gasteiger partial charge in [0.2, 0.25) is 5.91 Å². The Morgan fingerprint density at radius 3 is 2.33 bits per heavy atom. The normalized spacial score (nSPS) is 10.0. The van der Waals surface area contributed by atoms with Gasteiger partial charge in [0, 0.05) is 11.2 Å². The van der Waals surface area contributed by atoms with E-state index in [0.717, 1.165) is 5.56 Å². The van der Waals surface area contributed by atoms with Crippen molar-refractivity contribution >= 4 is 35.0 Å². The number of pyridine rings is 1. The lowest BCUT2D eigenvalue weighted by Gasteiger charge is -2.07. The van der Waals surface area contributed by atoms with Crippen LogP contribution in [0.2, 0.25) is 10.2 Å². The number of carbonyl (C=O) groups excluding carboxylic acids is 2. The van der Waals surface area contributed by atoms with Gasteiger partial charge in [-0.2, -0.15) is 0 Å². The van der Waals surface area contributed by atoms with Crippen LogP contribution in [0.1, 0.15) is 15.9 Å². The third-order valence-electron chi connectivity index (χ3n) is 2.58. The summed E-state index contributed by atoms with van der Waals surface area (Å²) >= 11 is 11.4. The number of halogens is 2. The molecule has 0 radical (unpaired) electrons. The molecule has 0 fully saturated rings. The molecule has 1 heterocycles. The van der Waals surface area contributed by atoms with E-state index >= 15 is 0 Å². The molecule has 0 saturated carbocycles. The zero-order chi connectivity index (χ0) is 15.2. The van der Waals surface area contributed by atoms with Crippen LogP contribution in [0.25, 0.3) is 0 Å². The van der Waals surface area contributed by atoms with Crippen molar-refractivity contribution < 1.29 is 9.59 Å². The van der Waals surface area contributed by atoms with Crippen LogP contribution in [0, 0.1) is 0 Å². The summed E-state index contributed by atoms with van der Waals surface area (Å²) in [6.07, 6.45) is 1.46. The number of hydrazine groups is 1. The maximum atomic E-state index is 11.7. The van der Waals surface area contributed by atoms with Crippen LogP contribution in [0.5, 0.6) is 0 Å². The molecule has 0 atom stereocenters. The minimum absolute atomic E-state index is 0.135. The Balaban J connectivity index is 1.84. The summed E-state index contributed by atoms with van der Waals surface area (Å²) in [6.45, 7) is 0. The van der Waals surface area contributed by atoms with Crippen molar-refractivity contribution in [3.05, 3.63) is 63.9 Å². The highest BCUT2D eigenvalue weighted by molar-refractivity contribution is 6.30. The van der Waals surface area contributed by atoms with Crippen LogP contribution in [-0.4, -0.2) is 16.8 Å². The van der Waals surface area contributed by atoms with E-state index in [9.17, 15) is 9.59 Å². The van der Waals surface area contributed by atoms with E-state index < -0.39 is 5.91 Å². The Labute approximate surface area is 131 Å². The first-order valence-corrected chi connectivity index (χ1v) is 6.75. The average molecular weight is 324 g/mol. The van der Waals surface area contributed by atoms with Gasteiger partial charge in [0.05, 0.1) is 12.0 Å². The van der Waals surface area contributed by atoms with Gasteiger partial charge in [0.25, 0.3) is 5.91 Å². The van der Waals surface area contributed by atoms with Crippen LogP contribution < -0.4 is 10.9 Å². The van der Waals surface area contributed by atoms with Crippen LogP contribution >= 0.6 is 23.2 Å². The lowest BCUT2D eigenvalue weighted by atomic mass is 10.1. The summed E-state index contributed by atoms with van der Waals surface area (Å²) < 4.78 is 0. The van der Waals surface area contributed by atoms with Crippen LogP contribution in [0.4, 0.5) is 0 Å². The largest absolute Gasteiger partial charge is 0.273 e. The minimum atomic E-state index is -0.469. The second kappa shape index (κ2) is 7.06. The van der Waals surface area contributed by atoms with Crippen molar-refractivity contribution in [3.63, 3.8) is 0 Å². The molecule has 2 amide bonds. The second-order valence-corrected chi connectivity index (χ2v) is 5.00. The van der Waals surface area contributed by atoms with E-state index in [-0.39, 0.29) is 12.3 Å². The number of benzene rings is 1. The highest BCUT2D eigenvalue weighted by Gasteiger charge is 2.08. The Hall–Kier alpha value is -2.11. The molecule has 108 valence electrons. The zero-order valence-corrected chi connectivity index (χ0v) is 12.3. The van der Waals surface area contributed by atoms with Crippen molar-refractivity contribution in [1.82, 2.24) is 15.8 Å². The van der Waals surface area contributed by atoms with Gasteiger partial charge in [-0.05, 0) is 29.8 Å². The molecule has 0 unspecified atom stereocenters. The first-order valence-electron chi connectivity index (χ1n) is 6.00. The van der Waals surface area contributed by atoms with Gasteiger partial charge in [0.15, 0.2) is 0 Å². The fourth-order valence-corrected chi connectivity index (χ4v) is 1.78. The molecule has 0 aliphatic carbocycles. The summed E-state index contributed by atoms with van der Waals surface area (Å²) in [6, 6.07) is 9.88. The molecule has 2 aromatic rings. The summed E-state index contributed by atoms with van der Waals surface area (Å²) in [5.74, 6) is -0.809. The third-order valence-corrected chi connectivity index (χ3v) is 3.06. The fourth-order valence-electron chi connectivity index (χ4n) is 1.54. The van der Waals surface area contributed by atoms with Crippen molar-refractivity contribution in [2.24, 2.45) is 0 Å². The van der Waals surface area contributed by atoms with Crippen molar-refractivity contribution in [1.29, 1.82) is 0 Å². The van der Waals surface area contributed by atoms with E-state index in [2.05, 4.69) is 15.8 Å². The molecular weight excluding hydrogens is 313 g/mol. The number of hydrogen-bond donors (Lipinski definition) is 2. The molecule has 0 saturated heterocycles. The molecule has 0 aliphatic heterocycles. The van der Waals surface area contributed by atoms with Gasteiger partial charge in [0.1, 0.15) is 5.15 Å². The molecule has 1 aromatic heterocycles. The lowest BCUT2D eigenvalue weighted by molar-refractivity contribution is -0.121. The summed E-state index contributed by atoms with van der Waals surface area (Å²) in [4.78, 5) is 27.2. The number of nitrogens with one attached hydrogen (secondary N) is 2. The highest BCUT2D eigenvalue weighted by Crippen LogP contribution is 2.09. The standard InChI is InChI=1S/C14H11Cl2N3O2/c15-11-4-1-9(2-5-11)7-13(20)18-19-14(21)10-3-6-12(16)17-8-10/h1-6,8H,7H2,(H,18,20)(H,19,21). The quantitative estimate of drug-likeness (QED) is 0.673. The van der Waals surface area contributed by atoms with Crippen LogP contribution in [0.3, 0.4) is 0 Å². The van der Waals surface area contributed by atoms with Gasteiger partial charge in [-0.1, -0.05) is 35.3 Å². The SMILES string of the molecule is O=C(Cc1ccc(Cl)cc1)NNC(=O)c1ccc(Cl)nc1. The van der Waals surface area contributed by atoms with E-state index in [1.165, 1.54) is 18.3 Å². The molecule has 2 rings (SSSR count). The van der Waals surface area contributed by atoms with Crippen LogP contribution in [0.15, 0.2) is 42.6 Å². The first kappa shape index (κ1) is 15.3. The molecule has 7 heteroatoms. The molecule has 2 N–H and O–H groups in total. The van der Waals surface area contributed by atoms with Crippen molar-refractivity contribution in [2.75, 3.05) is 0 Å². The topological polar surface area (TPSA) is 71.1 Å². The van der Waals surface area contributed by atoms with Crippen molar-refractivity contribution in [3.8, 4) is 0 Å². The fraction of sp³-hybridized carbons (Fsp3) is 0.0714. The highest BCUT2D eigenvalue weighted by atomic mass is 35.5. The molecule has 0 aliphatic rings. The Kier molecular flexibility index (Phi) is 5.14. The Bertz CT molecular complexity index is 642. The average Bonchev–Trinajstić information content (AvgIpc) is 2.48. The maximum Gasteiger partial charge on any atom is 0.271 e. The molecule has 21 heavy (non-hydrogen) atoms. The summed E-state index contributed by atoms with van der Waals surface area (Å²) in [7, 11) is 0. The smallest absolute Gasteiger partial charge is 0.271 e. The number of nitrogens with zero attached hydrogens (tertiary/aromatic N) is 1. The van der Waals surface area contributed by atoms with E-state index in [0.29, 0.717) is 15.7 Å². The Morgan fingerprint density at radius 1 is 1.00 bits per heavy atom. The monoisotopic (exact) mass is 323 g/mol. The number of aromatic nitrogens is 1. The van der Waals surface area contributed by atoms with E-state index in [1.54, 1.807) is 24.3 Å². The van der Waals surface area contributed by atoms with Gasteiger partial charge in [-0.15, -0.1) is 0 Å². The maximum absolute atomic E-state index is 11.7. The second-order valence-electron chi connectivity index (χ2n) is 4.18. The van der Waals surface area contributed by atoms with Gasteiger partial charge >= 0.3 is 0 Å². The third kappa shape index (κ3) is 4.73. The zero-order valence-electron chi connectivity index (χ0n) is 10.8. The molecule has 0 bridgehead atoms. The minimum Gasteiger partial charge on any atom is -0.273 e. The lowest BCUT2D eigenvalue weighted by Crippen LogP contribution is -2.42. The van der Waals surface area contributed by atoms with E-state index in [1.807, 2.05) is 0 Å². The van der Waals surface area contributed by atoms with E-state index in [4.69, 9.17) is 23.2 Å². The summed E-state index contributed by atoms with van der Waals surface area (Å²) in [5, 5.41) is 0.890. The van der Waals surface area contributed by atoms with Gasteiger partial charge in [-0.3, -0.25) is 20.4 Å². The number of hydrogen-bond acceptors (Lipinski definition) is 3. The predicted molar refractivity (Wildman–Crippen MR) is 80.0 cm³/mol. The number of rotatable bonds is 3. The first-order chi connectivity index (χ1) is 10.0. The molecule has 0 spiro atoms. The van der Waals surface area contributed by atoms with Gasteiger partial charge < -0.3 is 0 Å². The summed E-state index contributed by atoms with van der Waals surface area (Å²) in [5.41, 5.74) is 5.72. The van der Waals surface area contributed by atoms with Crippen molar-refractivity contribution in [2.45, 2.75) is 6.42 Å². The number of carbonyl (C=O) groups is 2.